The van der Waals surface area contributed by atoms with Crippen LogP contribution in [0.25, 0.3) is 0 Å². The van der Waals surface area contributed by atoms with Crippen LogP contribution in [-0.4, -0.2) is 17.6 Å². The van der Waals surface area contributed by atoms with Gasteiger partial charge in [-0.3, -0.25) is 4.79 Å². The van der Waals surface area contributed by atoms with E-state index in [-0.39, 0.29) is 5.92 Å². The minimum atomic E-state index is -0.678. The molecule has 11 heavy (non-hydrogen) atoms. The van der Waals surface area contributed by atoms with Crippen molar-refractivity contribution in [2.45, 2.75) is 25.7 Å². The molecule has 0 aromatic rings. The van der Waals surface area contributed by atoms with Gasteiger partial charge in [0.05, 0.1) is 5.92 Å². The number of carboxylic acid groups (broad SMARTS) is 1. The Balaban J connectivity index is 2.24. The third kappa shape index (κ3) is 2.89. The van der Waals surface area contributed by atoms with Crippen molar-refractivity contribution in [2.75, 3.05) is 6.54 Å². The maximum atomic E-state index is 10.6. The summed E-state index contributed by atoms with van der Waals surface area (Å²) in [7, 11) is 0. The minimum Gasteiger partial charge on any atom is -0.481 e. The van der Waals surface area contributed by atoms with E-state index in [9.17, 15) is 4.79 Å². The van der Waals surface area contributed by atoms with E-state index in [0.29, 0.717) is 18.9 Å². The highest BCUT2D eigenvalue weighted by atomic mass is 16.4. The van der Waals surface area contributed by atoms with Crippen molar-refractivity contribution in [1.29, 1.82) is 0 Å². The second-order valence-electron chi connectivity index (χ2n) is 3.29. The standard InChI is InChI=1S/C8H15NO2/c9-4-3-7(8(10)11)5-6-1-2-6/h6-7H,1-5,9H2,(H,10,11). The lowest BCUT2D eigenvalue weighted by atomic mass is 9.99. The molecule has 64 valence electrons. The van der Waals surface area contributed by atoms with E-state index in [1.165, 1.54) is 12.8 Å². The van der Waals surface area contributed by atoms with Gasteiger partial charge in [-0.1, -0.05) is 12.8 Å². The van der Waals surface area contributed by atoms with Crippen LogP contribution in [0.2, 0.25) is 0 Å². The lowest BCUT2D eigenvalue weighted by Gasteiger charge is -2.08. The number of aliphatic carboxylic acids is 1. The fourth-order valence-corrected chi connectivity index (χ4v) is 1.30. The number of nitrogens with two attached hydrogens (primary N) is 1. The van der Waals surface area contributed by atoms with Crippen LogP contribution >= 0.6 is 0 Å². The topological polar surface area (TPSA) is 63.3 Å². The van der Waals surface area contributed by atoms with Gasteiger partial charge in [-0.05, 0) is 25.3 Å². The first-order valence-corrected chi connectivity index (χ1v) is 4.17. The molecule has 3 N–H and O–H groups in total. The molecule has 1 saturated carbocycles. The number of carboxylic acids is 1. The monoisotopic (exact) mass is 157 g/mol. The quantitative estimate of drug-likeness (QED) is 0.621. The lowest BCUT2D eigenvalue weighted by Crippen LogP contribution is -2.18. The summed E-state index contributed by atoms with van der Waals surface area (Å²) in [6, 6.07) is 0. The Bertz CT molecular complexity index is 143. The SMILES string of the molecule is NCCC(CC1CC1)C(=O)O. The van der Waals surface area contributed by atoms with Crippen LogP contribution in [0.1, 0.15) is 25.7 Å². The van der Waals surface area contributed by atoms with Crippen LogP contribution in [0.3, 0.4) is 0 Å². The molecule has 1 aliphatic carbocycles. The summed E-state index contributed by atoms with van der Waals surface area (Å²) < 4.78 is 0. The summed E-state index contributed by atoms with van der Waals surface area (Å²) in [5.74, 6) is -0.183. The van der Waals surface area contributed by atoms with Gasteiger partial charge in [0.15, 0.2) is 0 Å². The number of carbonyl (C=O) groups is 1. The number of hydrogen-bond donors (Lipinski definition) is 2. The maximum Gasteiger partial charge on any atom is 0.306 e. The van der Waals surface area contributed by atoms with Gasteiger partial charge < -0.3 is 10.8 Å². The average molecular weight is 157 g/mol. The zero-order chi connectivity index (χ0) is 8.27. The molecule has 1 fully saturated rings. The molecule has 0 aromatic carbocycles. The second-order valence-corrected chi connectivity index (χ2v) is 3.29. The van der Waals surface area contributed by atoms with Crippen LogP contribution in [-0.2, 0) is 4.79 Å². The van der Waals surface area contributed by atoms with Crippen LogP contribution < -0.4 is 5.73 Å². The summed E-state index contributed by atoms with van der Waals surface area (Å²) in [6.07, 6.45) is 3.90. The highest BCUT2D eigenvalue weighted by Crippen LogP contribution is 2.36. The summed E-state index contributed by atoms with van der Waals surface area (Å²) in [5, 5.41) is 8.73. The smallest absolute Gasteiger partial charge is 0.306 e. The first kappa shape index (κ1) is 8.53. The molecule has 1 unspecified atom stereocenters. The van der Waals surface area contributed by atoms with E-state index in [1.54, 1.807) is 0 Å². The van der Waals surface area contributed by atoms with Crippen LogP contribution in [0.15, 0.2) is 0 Å². The Kier molecular flexibility index (Phi) is 2.88. The van der Waals surface area contributed by atoms with E-state index in [4.69, 9.17) is 10.8 Å². The third-order valence-corrected chi connectivity index (χ3v) is 2.18. The van der Waals surface area contributed by atoms with E-state index in [1.807, 2.05) is 0 Å². The molecule has 0 saturated heterocycles. The van der Waals surface area contributed by atoms with Crippen molar-refractivity contribution in [3.63, 3.8) is 0 Å². The van der Waals surface area contributed by atoms with Crippen molar-refractivity contribution in [3.8, 4) is 0 Å². The molecule has 0 heterocycles. The van der Waals surface area contributed by atoms with Crippen LogP contribution in [0.5, 0.6) is 0 Å². The van der Waals surface area contributed by atoms with Gasteiger partial charge in [0.1, 0.15) is 0 Å². The first-order chi connectivity index (χ1) is 5.24. The van der Waals surface area contributed by atoms with Gasteiger partial charge in [0.2, 0.25) is 0 Å². The first-order valence-electron chi connectivity index (χ1n) is 4.17. The normalized spacial score (nSPS) is 19.7. The zero-order valence-electron chi connectivity index (χ0n) is 6.62. The zero-order valence-corrected chi connectivity index (χ0v) is 6.62. The Morgan fingerprint density at radius 1 is 1.64 bits per heavy atom. The van der Waals surface area contributed by atoms with E-state index in [2.05, 4.69) is 0 Å². The molecule has 0 radical (unpaired) electrons. The average Bonchev–Trinajstić information content (AvgIpc) is 2.70. The number of rotatable bonds is 5. The van der Waals surface area contributed by atoms with Gasteiger partial charge in [-0.25, -0.2) is 0 Å². The molecule has 1 atom stereocenters. The predicted molar refractivity (Wildman–Crippen MR) is 42.1 cm³/mol. The van der Waals surface area contributed by atoms with Crippen LogP contribution in [0.4, 0.5) is 0 Å². The van der Waals surface area contributed by atoms with Crippen molar-refractivity contribution in [1.82, 2.24) is 0 Å². The summed E-state index contributed by atoms with van der Waals surface area (Å²) in [5.41, 5.74) is 5.30. The Labute approximate surface area is 66.6 Å². The van der Waals surface area contributed by atoms with E-state index < -0.39 is 5.97 Å². The summed E-state index contributed by atoms with van der Waals surface area (Å²) in [6.45, 7) is 0.490. The molecule has 0 bridgehead atoms. The summed E-state index contributed by atoms with van der Waals surface area (Å²) >= 11 is 0. The van der Waals surface area contributed by atoms with Crippen LogP contribution in [0, 0.1) is 11.8 Å². The Morgan fingerprint density at radius 3 is 2.64 bits per heavy atom. The second kappa shape index (κ2) is 3.72. The molecule has 0 aromatic heterocycles. The van der Waals surface area contributed by atoms with E-state index in [0.717, 1.165) is 6.42 Å². The molecule has 0 spiro atoms. The van der Waals surface area contributed by atoms with Gasteiger partial charge in [0, 0.05) is 0 Å². The van der Waals surface area contributed by atoms with E-state index >= 15 is 0 Å². The van der Waals surface area contributed by atoms with Crippen molar-refractivity contribution >= 4 is 5.97 Å². The Hall–Kier alpha value is -0.570. The largest absolute Gasteiger partial charge is 0.481 e. The minimum absolute atomic E-state index is 0.188. The van der Waals surface area contributed by atoms with Crippen molar-refractivity contribution in [2.24, 2.45) is 17.6 Å². The maximum absolute atomic E-state index is 10.6. The third-order valence-electron chi connectivity index (χ3n) is 2.18. The fourth-order valence-electron chi connectivity index (χ4n) is 1.30. The molecular weight excluding hydrogens is 142 g/mol. The molecule has 1 aliphatic rings. The fraction of sp³-hybridized carbons (Fsp3) is 0.875. The molecule has 3 nitrogen and oxygen atoms in total. The van der Waals surface area contributed by atoms with Gasteiger partial charge in [0.25, 0.3) is 0 Å². The molecule has 1 rings (SSSR count). The lowest BCUT2D eigenvalue weighted by molar-refractivity contribution is -0.142. The highest BCUT2D eigenvalue weighted by Gasteiger charge is 2.28. The van der Waals surface area contributed by atoms with Gasteiger partial charge in [-0.15, -0.1) is 0 Å². The molecule has 0 aliphatic heterocycles. The Morgan fingerprint density at radius 2 is 2.27 bits per heavy atom. The summed E-state index contributed by atoms with van der Waals surface area (Å²) in [4.78, 5) is 10.6. The highest BCUT2D eigenvalue weighted by molar-refractivity contribution is 5.69. The van der Waals surface area contributed by atoms with Crippen molar-refractivity contribution in [3.05, 3.63) is 0 Å². The molecule has 3 heteroatoms. The number of hydrogen-bond acceptors (Lipinski definition) is 2. The molecular formula is C8H15NO2. The van der Waals surface area contributed by atoms with Crippen molar-refractivity contribution < 1.29 is 9.90 Å². The van der Waals surface area contributed by atoms with Gasteiger partial charge in [-0.2, -0.15) is 0 Å². The molecule has 0 amide bonds. The van der Waals surface area contributed by atoms with Gasteiger partial charge >= 0.3 is 5.97 Å². The predicted octanol–water partition coefficient (Wildman–Crippen LogP) is 0.836.